The predicted octanol–water partition coefficient (Wildman–Crippen LogP) is 2.04. The van der Waals surface area contributed by atoms with Crippen LogP contribution in [0.5, 0.6) is 0 Å². The zero-order valence-corrected chi connectivity index (χ0v) is 15.1. The molecule has 0 N–H and O–H groups in total. The second-order valence-electron chi connectivity index (χ2n) is 6.97. The number of carbonyl (C=O) groups is 1. The van der Waals surface area contributed by atoms with Gasteiger partial charge in [0, 0.05) is 39.1 Å². The van der Waals surface area contributed by atoms with Gasteiger partial charge in [-0.05, 0) is 17.9 Å². The molecule has 3 rings (SSSR count). The van der Waals surface area contributed by atoms with Crippen molar-refractivity contribution in [3.63, 3.8) is 0 Å². The maximum Gasteiger partial charge on any atom is 0.224 e. The Morgan fingerprint density at radius 2 is 2.12 bits per heavy atom. The molecule has 1 aromatic heterocycles. The topological polar surface area (TPSA) is 54.3 Å². The Labute approximate surface area is 149 Å². The smallest absolute Gasteiger partial charge is 0.224 e. The van der Waals surface area contributed by atoms with Crippen LogP contribution >= 0.6 is 0 Å². The number of likely N-dealkylation sites (tertiary alicyclic amines) is 1. The number of aromatic nitrogens is 3. The Hall–Kier alpha value is -2.21. The summed E-state index contributed by atoms with van der Waals surface area (Å²) in [5.41, 5.74) is 1.35. The van der Waals surface area contributed by atoms with E-state index in [4.69, 9.17) is 0 Å². The number of aryl methyl sites for hydroxylation is 1. The number of carbonyl (C=O) groups excluding carboxylic acids is 1. The van der Waals surface area contributed by atoms with Crippen LogP contribution in [0, 0.1) is 5.92 Å². The number of hydrogen-bond acceptors (Lipinski definition) is 4. The third-order valence-corrected chi connectivity index (χ3v) is 5.11. The van der Waals surface area contributed by atoms with Crippen LogP contribution in [0.15, 0.2) is 43.0 Å². The molecular formula is C19H27N5O. The lowest BCUT2D eigenvalue weighted by Gasteiger charge is -2.41. The third-order valence-electron chi connectivity index (χ3n) is 5.11. The van der Waals surface area contributed by atoms with Crippen molar-refractivity contribution in [2.24, 2.45) is 5.92 Å². The molecule has 1 aliphatic rings. The fourth-order valence-electron chi connectivity index (χ4n) is 3.70. The number of benzene rings is 1. The van der Waals surface area contributed by atoms with Gasteiger partial charge in [-0.1, -0.05) is 37.3 Å². The largest absolute Gasteiger partial charge is 0.342 e. The van der Waals surface area contributed by atoms with Crippen LogP contribution in [-0.2, 0) is 17.9 Å². The highest BCUT2D eigenvalue weighted by Gasteiger charge is 2.30. The van der Waals surface area contributed by atoms with Crippen molar-refractivity contribution in [1.82, 2.24) is 24.6 Å². The van der Waals surface area contributed by atoms with E-state index >= 15 is 0 Å². The molecule has 0 radical (unpaired) electrons. The number of hydrogen-bond donors (Lipinski definition) is 0. The number of piperidine rings is 1. The monoisotopic (exact) mass is 341 g/mol. The second-order valence-corrected chi connectivity index (χ2v) is 6.97. The lowest BCUT2D eigenvalue weighted by Crippen LogP contribution is -2.50. The molecule has 1 amide bonds. The lowest BCUT2D eigenvalue weighted by atomic mass is 9.92. The van der Waals surface area contributed by atoms with Gasteiger partial charge >= 0.3 is 0 Å². The van der Waals surface area contributed by atoms with Crippen LogP contribution in [-0.4, -0.2) is 56.7 Å². The van der Waals surface area contributed by atoms with E-state index in [0.29, 0.717) is 24.9 Å². The van der Waals surface area contributed by atoms with Crippen LogP contribution in [0.1, 0.15) is 25.3 Å². The van der Waals surface area contributed by atoms with Crippen LogP contribution in [0.4, 0.5) is 0 Å². The molecule has 0 spiro atoms. The SMILES string of the molecule is C[C@@H]1CN(Cc2ccccc2)CC[C@@H]1N(C)C(=O)CCn1cncn1. The predicted molar refractivity (Wildman–Crippen MR) is 96.7 cm³/mol. The molecule has 1 aliphatic heterocycles. The normalized spacial score (nSPS) is 21.2. The minimum absolute atomic E-state index is 0.184. The zero-order chi connectivity index (χ0) is 17.6. The molecule has 1 saturated heterocycles. The minimum atomic E-state index is 0.184. The van der Waals surface area contributed by atoms with Gasteiger partial charge < -0.3 is 4.90 Å². The van der Waals surface area contributed by atoms with Crippen LogP contribution in [0.3, 0.4) is 0 Å². The van der Waals surface area contributed by atoms with Crippen molar-refractivity contribution in [3.8, 4) is 0 Å². The van der Waals surface area contributed by atoms with E-state index in [1.165, 1.54) is 11.9 Å². The summed E-state index contributed by atoms with van der Waals surface area (Å²) in [5, 5.41) is 4.05. The summed E-state index contributed by atoms with van der Waals surface area (Å²) in [4.78, 5) is 20.9. The van der Waals surface area contributed by atoms with E-state index in [9.17, 15) is 4.79 Å². The van der Waals surface area contributed by atoms with Crippen molar-refractivity contribution >= 4 is 5.91 Å². The van der Waals surface area contributed by atoms with Crippen LogP contribution in [0.2, 0.25) is 0 Å². The van der Waals surface area contributed by atoms with E-state index in [0.717, 1.165) is 26.1 Å². The Morgan fingerprint density at radius 3 is 2.80 bits per heavy atom. The van der Waals surface area contributed by atoms with Crippen LogP contribution in [0.25, 0.3) is 0 Å². The molecule has 0 bridgehead atoms. The standard InChI is InChI=1S/C19H27N5O/c1-16-12-23(13-17-6-4-3-5-7-17)10-8-18(16)22(2)19(25)9-11-24-15-20-14-21-24/h3-7,14-16,18H,8-13H2,1-2H3/t16-,18+/m1/s1. The van der Waals surface area contributed by atoms with E-state index in [-0.39, 0.29) is 5.91 Å². The number of rotatable bonds is 6. The molecular weight excluding hydrogens is 314 g/mol. The maximum atomic E-state index is 12.5. The molecule has 6 heteroatoms. The Kier molecular flexibility index (Phi) is 5.81. The van der Waals surface area contributed by atoms with Gasteiger partial charge in [0.25, 0.3) is 0 Å². The van der Waals surface area contributed by atoms with E-state index < -0.39 is 0 Å². The summed E-state index contributed by atoms with van der Waals surface area (Å²) in [6, 6.07) is 10.9. The quantitative estimate of drug-likeness (QED) is 0.807. The van der Waals surface area contributed by atoms with Crippen molar-refractivity contribution in [2.45, 2.75) is 38.9 Å². The number of amides is 1. The Morgan fingerprint density at radius 1 is 1.32 bits per heavy atom. The van der Waals surface area contributed by atoms with Crippen molar-refractivity contribution < 1.29 is 4.79 Å². The third kappa shape index (κ3) is 4.66. The summed E-state index contributed by atoms with van der Waals surface area (Å²) in [6.45, 7) is 5.89. The summed E-state index contributed by atoms with van der Waals surface area (Å²) < 4.78 is 1.71. The molecule has 0 saturated carbocycles. The molecule has 2 aromatic rings. The molecule has 2 heterocycles. The van der Waals surface area contributed by atoms with Gasteiger partial charge in [0.05, 0.1) is 6.54 Å². The first-order chi connectivity index (χ1) is 12.1. The molecule has 6 nitrogen and oxygen atoms in total. The van der Waals surface area contributed by atoms with Gasteiger partial charge in [0.1, 0.15) is 12.7 Å². The summed E-state index contributed by atoms with van der Waals surface area (Å²) in [7, 11) is 1.94. The van der Waals surface area contributed by atoms with Gasteiger partial charge in [-0.15, -0.1) is 0 Å². The molecule has 0 unspecified atom stereocenters. The average molecular weight is 341 g/mol. The summed E-state index contributed by atoms with van der Waals surface area (Å²) >= 11 is 0. The molecule has 1 fully saturated rings. The van der Waals surface area contributed by atoms with Crippen LogP contribution < -0.4 is 0 Å². The van der Waals surface area contributed by atoms with Gasteiger partial charge in [-0.3, -0.25) is 14.4 Å². The Balaban J connectivity index is 1.49. The van der Waals surface area contributed by atoms with E-state index in [1.54, 1.807) is 11.0 Å². The minimum Gasteiger partial charge on any atom is -0.342 e. The van der Waals surface area contributed by atoms with Crippen molar-refractivity contribution in [3.05, 3.63) is 48.5 Å². The average Bonchev–Trinajstić information content (AvgIpc) is 3.14. The summed E-state index contributed by atoms with van der Waals surface area (Å²) in [6.07, 6.45) is 4.65. The zero-order valence-electron chi connectivity index (χ0n) is 15.1. The molecule has 134 valence electrons. The maximum absolute atomic E-state index is 12.5. The van der Waals surface area contributed by atoms with E-state index in [1.807, 2.05) is 11.9 Å². The highest BCUT2D eigenvalue weighted by atomic mass is 16.2. The van der Waals surface area contributed by atoms with Gasteiger partial charge in [-0.2, -0.15) is 5.10 Å². The lowest BCUT2D eigenvalue weighted by molar-refractivity contribution is -0.134. The number of nitrogens with zero attached hydrogens (tertiary/aromatic N) is 5. The van der Waals surface area contributed by atoms with Crippen molar-refractivity contribution in [2.75, 3.05) is 20.1 Å². The van der Waals surface area contributed by atoms with Gasteiger partial charge in [0.15, 0.2) is 0 Å². The summed E-state index contributed by atoms with van der Waals surface area (Å²) in [5.74, 6) is 0.654. The molecule has 25 heavy (non-hydrogen) atoms. The second kappa shape index (κ2) is 8.25. The highest BCUT2D eigenvalue weighted by molar-refractivity contribution is 5.76. The first kappa shape index (κ1) is 17.6. The highest BCUT2D eigenvalue weighted by Crippen LogP contribution is 2.23. The van der Waals surface area contributed by atoms with Gasteiger partial charge in [0.2, 0.25) is 5.91 Å². The van der Waals surface area contributed by atoms with Crippen molar-refractivity contribution in [1.29, 1.82) is 0 Å². The fraction of sp³-hybridized carbons (Fsp3) is 0.526. The first-order valence-electron chi connectivity index (χ1n) is 8.98. The molecule has 1 aromatic carbocycles. The first-order valence-corrected chi connectivity index (χ1v) is 8.98. The van der Waals surface area contributed by atoms with E-state index in [2.05, 4.69) is 52.2 Å². The Bertz CT molecular complexity index is 658. The molecule has 0 aliphatic carbocycles. The van der Waals surface area contributed by atoms with Gasteiger partial charge in [-0.25, -0.2) is 4.98 Å². The fourth-order valence-corrected chi connectivity index (χ4v) is 3.70. The molecule has 2 atom stereocenters.